The van der Waals surface area contributed by atoms with Crippen LogP contribution < -0.4 is 10.6 Å². The van der Waals surface area contributed by atoms with Gasteiger partial charge in [0, 0.05) is 31.1 Å². The smallest absolute Gasteiger partial charge is 0.357 e. The van der Waals surface area contributed by atoms with E-state index in [9.17, 15) is 21.6 Å². The van der Waals surface area contributed by atoms with Crippen LogP contribution in [0.3, 0.4) is 0 Å². The van der Waals surface area contributed by atoms with Gasteiger partial charge in [-0.2, -0.15) is 22.5 Å². The number of sulfonamides is 1. The summed E-state index contributed by atoms with van der Waals surface area (Å²) in [6.45, 7) is 8.04. The second-order valence-electron chi connectivity index (χ2n) is 7.73. The predicted molar refractivity (Wildman–Crippen MR) is 101 cm³/mol. The summed E-state index contributed by atoms with van der Waals surface area (Å²) in [4.78, 5) is 8.68. The van der Waals surface area contributed by atoms with Crippen LogP contribution in [0.2, 0.25) is 0 Å². The highest BCUT2D eigenvalue weighted by Crippen LogP contribution is 2.29. The number of nitrogens with zero attached hydrogens (tertiary/aromatic N) is 4. The van der Waals surface area contributed by atoms with E-state index < -0.39 is 15.5 Å². The molecule has 0 radical (unpaired) electrons. The highest BCUT2D eigenvalue weighted by atomic mass is 32.2. The third-order valence-electron chi connectivity index (χ3n) is 4.26. The molecule has 0 unspecified atom stereocenters. The summed E-state index contributed by atoms with van der Waals surface area (Å²) in [6.07, 6.45) is 0.464. The molecule has 2 heterocycles. The fourth-order valence-electron chi connectivity index (χ4n) is 2.67. The van der Waals surface area contributed by atoms with Crippen molar-refractivity contribution in [1.29, 1.82) is 0 Å². The Kier molecular flexibility index (Phi) is 7.14. The van der Waals surface area contributed by atoms with Gasteiger partial charge < -0.3 is 15.2 Å². The molecule has 0 aliphatic carbocycles. The van der Waals surface area contributed by atoms with Crippen LogP contribution in [-0.2, 0) is 22.0 Å². The van der Waals surface area contributed by atoms with E-state index >= 15 is 0 Å². The third-order valence-corrected chi connectivity index (χ3v) is 5.89. The zero-order valence-electron chi connectivity index (χ0n) is 16.9. The standard InChI is InChI=1S/C16H27F3N6O3S/c1-5-20-14(21-10-12-23-13(28-24-12)15(2,3)4)22-11-6-8-25(9-7-11)29(26,27)16(17,18)19/h11H,5-10H2,1-4H3,(H2,20,21,22). The molecule has 0 amide bonds. The first-order valence-electron chi connectivity index (χ1n) is 9.29. The molecule has 9 nitrogen and oxygen atoms in total. The molecule has 0 atom stereocenters. The van der Waals surface area contributed by atoms with Gasteiger partial charge in [-0.25, -0.2) is 13.4 Å². The molecule has 166 valence electrons. The number of nitrogens with one attached hydrogen (secondary N) is 2. The third kappa shape index (κ3) is 6.04. The predicted octanol–water partition coefficient (Wildman–Crippen LogP) is 1.74. The Balaban J connectivity index is 1.96. The lowest BCUT2D eigenvalue weighted by atomic mass is 9.97. The van der Waals surface area contributed by atoms with Crippen LogP contribution in [0.25, 0.3) is 0 Å². The summed E-state index contributed by atoms with van der Waals surface area (Å²) in [7, 11) is -5.28. The van der Waals surface area contributed by atoms with Crippen LogP contribution in [0, 0.1) is 0 Å². The minimum Gasteiger partial charge on any atom is -0.357 e. The molecule has 1 aliphatic rings. The highest BCUT2D eigenvalue weighted by Gasteiger charge is 2.50. The highest BCUT2D eigenvalue weighted by molar-refractivity contribution is 7.90. The van der Waals surface area contributed by atoms with E-state index in [1.807, 2.05) is 27.7 Å². The Morgan fingerprint density at radius 2 is 1.90 bits per heavy atom. The molecule has 1 saturated heterocycles. The molecule has 0 saturated carbocycles. The summed E-state index contributed by atoms with van der Waals surface area (Å²) in [6, 6.07) is -0.206. The maximum absolute atomic E-state index is 12.7. The molecule has 0 aromatic carbocycles. The number of aliphatic imine (C=N–C) groups is 1. The molecular formula is C16H27F3N6O3S. The van der Waals surface area contributed by atoms with Crippen LogP contribution in [0.1, 0.15) is 52.3 Å². The minimum atomic E-state index is -5.28. The number of piperidine rings is 1. The Hall–Kier alpha value is -1.89. The SMILES string of the molecule is CCNC(=NCc1noc(C(C)(C)C)n1)NC1CCN(S(=O)(=O)C(F)(F)F)CC1. The number of hydrogen-bond donors (Lipinski definition) is 2. The average molecular weight is 440 g/mol. The molecule has 29 heavy (non-hydrogen) atoms. The van der Waals surface area contributed by atoms with Crippen LogP contribution in [0.5, 0.6) is 0 Å². The van der Waals surface area contributed by atoms with Gasteiger partial charge in [-0.3, -0.25) is 0 Å². The van der Waals surface area contributed by atoms with Gasteiger partial charge in [0.25, 0.3) is 0 Å². The summed E-state index contributed by atoms with van der Waals surface area (Å²) in [5.74, 6) is 1.36. The summed E-state index contributed by atoms with van der Waals surface area (Å²) >= 11 is 0. The van der Waals surface area contributed by atoms with Gasteiger partial charge >= 0.3 is 15.5 Å². The van der Waals surface area contributed by atoms with Crippen molar-refractivity contribution in [2.75, 3.05) is 19.6 Å². The second kappa shape index (κ2) is 8.86. The van der Waals surface area contributed by atoms with Crippen molar-refractivity contribution >= 4 is 16.0 Å². The maximum atomic E-state index is 12.7. The molecular weight excluding hydrogens is 413 g/mol. The topological polar surface area (TPSA) is 113 Å². The van der Waals surface area contributed by atoms with E-state index in [1.165, 1.54) is 0 Å². The number of hydrogen-bond acceptors (Lipinski definition) is 6. The van der Waals surface area contributed by atoms with Gasteiger partial charge in [-0.1, -0.05) is 25.9 Å². The molecule has 0 spiro atoms. The van der Waals surface area contributed by atoms with Gasteiger partial charge in [0.15, 0.2) is 11.8 Å². The van der Waals surface area contributed by atoms with E-state index in [4.69, 9.17) is 4.52 Å². The van der Waals surface area contributed by atoms with Crippen molar-refractivity contribution in [2.24, 2.45) is 4.99 Å². The van der Waals surface area contributed by atoms with Crippen molar-refractivity contribution in [1.82, 2.24) is 25.1 Å². The van der Waals surface area contributed by atoms with Gasteiger partial charge in [-0.15, -0.1) is 0 Å². The summed E-state index contributed by atoms with van der Waals surface area (Å²) < 4.78 is 66.7. The van der Waals surface area contributed by atoms with Crippen molar-refractivity contribution < 1.29 is 26.1 Å². The number of rotatable bonds is 5. The van der Waals surface area contributed by atoms with Gasteiger partial charge in [0.05, 0.1) is 0 Å². The normalized spacial score (nSPS) is 18.1. The largest absolute Gasteiger partial charge is 0.511 e. The zero-order valence-corrected chi connectivity index (χ0v) is 17.7. The van der Waals surface area contributed by atoms with Crippen molar-refractivity contribution in [2.45, 2.75) is 64.0 Å². The number of aromatic nitrogens is 2. The molecule has 1 fully saturated rings. The Morgan fingerprint density at radius 3 is 2.38 bits per heavy atom. The fourth-order valence-corrected chi connectivity index (χ4v) is 3.66. The van der Waals surface area contributed by atoms with Gasteiger partial charge in [0.2, 0.25) is 5.89 Å². The monoisotopic (exact) mass is 440 g/mol. The van der Waals surface area contributed by atoms with Crippen molar-refractivity contribution in [3.8, 4) is 0 Å². The summed E-state index contributed by atoms with van der Waals surface area (Å²) in [5.41, 5.74) is -5.55. The Labute approximate surface area is 168 Å². The average Bonchev–Trinajstić information content (AvgIpc) is 3.09. The first kappa shape index (κ1) is 23.4. The second-order valence-corrected chi connectivity index (χ2v) is 9.66. The molecule has 1 aliphatic heterocycles. The number of guanidine groups is 1. The van der Waals surface area contributed by atoms with Crippen LogP contribution in [0.15, 0.2) is 9.52 Å². The molecule has 1 aromatic heterocycles. The lowest BCUT2D eigenvalue weighted by molar-refractivity contribution is -0.0494. The van der Waals surface area contributed by atoms with E-state index in [2.05, 4.69) is 25.8 Å². The lowest BCUT2D eigenvalue weighted by Crippen LogP contribution is -2.51. The van der Waals surface area contributed by atoms with E-state index in [0.717, 1.165) is 0 Å². The van der Waals surface area contributed by atoms with Crippen LogP contribution >= 0.6 is 0 Å². The Bertz CT molecular complexity index is 809. The van der Waals surface area contributed by atoms with Crippen LogP contribution in [-0.4, -0.2) is 60.0 Å². The minimum absolute atomic E-state index is 0.163. The number of halogens is 3. The van der Waals surface area contributed by atoms with E-state index in [1.54, 1.807) is 0 Å². The van der Waals surface area contributed by atoms with E-state index in [-0.39, 0.29) is 43.9 Å². The molecule has 2 N–H and O–H groups in total. The van der Waals surface area contributed by atoms with Crippen LogP contribution in [0.4, 0.5) is 13.2 Å². The zero-order chi connectivity index (χ0) is 21.9. The molecule has 1 aromatic rings. The van der Waals surface area contributed by atoms with Gasteiger partial charge in [0.1, 0.15) is 6.54 Å². The molecule has 13 heteroatoms. The summed E-state index contributed by atoms with van der Waals surface area (Å²) in [5, 5.41) is 10.1. The number of alkyl halides is 3. The first-order chi connectivity index (χ1) is 13.3. The first-order valence-corrected chi connectivity index (χ1v) is 10.7. The van der Waals surface area contributed by atoms with Gasteiger partial charge in [-0.05, 0) is 19.8 Å². The van der Waals surface area contributed by atoms with Crippen molar-refractivity contribution in [3.63, 3.8) is 0 Å². The Morgan fingerprint density at radius 1 is 1.28 bits per heavy atom. The lowest BCUT2D eigenvalue weighted by Gasteiger charge is -2.32. The molecule has 2 rings (SSSR count). The van der Waals surface area contributed by atoms with Crippen molar-refractivity contribution in [3.05, 3.63) is 11.7 Å². The molecule has 0 bridgehead atoms. The fraction of sp³-hybridized carbons (Fsp3) is 0.812. The maximum Gasteiger partial charge on any atom is 0.511 e. The quantitative estimate of drug-likeness (QED) is 0.530. The van der Waals surface area contributed by atoms with E-state index in [0.29, 0.717) is 28.5 Å².